The van der Waals surface area contributed by atoms with Crippen LogP contribution in [0, 0.1) is 35.5 Å². The van der Waals surface area contributed by atoms with Crippen LogP contribution in [0.3, 0.4) is 0 Å². The number of ether oxygens (including phenoxy) is 1. The summed E-state index contributed by atoms with van der Waals surface area (Å²) in [6.45, 7) is 6.99. The van der Waals surface area contributed by atoms with Crippen molar-refractivity contribution in [2.75, 3.05) is 31.1 Å². The summed E-state index contributed by atoms with van der Waals surface area (Å²) in [7, 11) is 0. The van der Waals surface area contributed by atoms with E-state index in [1.165, 1.54) is 0 Å². The molecule has 0 saturated carbocycles. The number of H-pyrrole nitrogens is 1. The topological polar surface area (TPSA) is 98.1 Å². The molecule has 194 valence electrons. The van der Waals surface area contributed by atoms with Gasteiger partial charge in [-0.1, -0.05) is 18.1 Å². The van der Waals surface area contributed by atoms with Crippen LogP contribution in [0.2, 0.25) is 0 Å². The first kappa shape index (κ1) is 24.5. The Hall–Kier alpha value is -4.82. The van der Waals surface area contributed by atoms with Crippen LogP contribution in [0.1, 0.15) is 30.2 Å². The highest BCUT2D eigenvalue weighted by molar-refractivity contribution is 5.99. The van der Waals surface area contributed by atoms with Crippen LogP contribution < -0.4 is 9.64 Å². The number of pyridine rings is 1. The van der Waals surface area contributed by atoms with Gasteiger partial charge in [-0.15, -0.1) is 0 Å². The molecule has 2 aromatic carbocycles. The Kier molecular flexibility index (Phi) is 6.17. The summed E-state index contributed by atoms with van der Waals surface area (Å²) in [6.07, 6.45) is 4.49. The minimum Gasteiger partial charge on any atom is -0.487 e. The Morgan fingerprint density at radius 1 is 1.21 bits per heavy atom. The lowest BCUT2D eigenvalue weighted by Gasteiger charge is -2.49. The van der Waals surface area contributed by atoms with Crippen LogP contribution >= 0.6 is 0 Å². The number of rotatable bonds is 5. The fourth-order valence-electron chi connectivity index (χ4n) is 5.86. The number of nitriles is 1. The Bertz CT molecular complexity index is 1670. The number of hydrogen-bond acceptors (Lipinski definition) is 6. The van der Waals surface area contributed by atoms with Gasteiger partial charge in [-0.25, -0.2) is 0 Å². The Balaban J connectivity index is 1.38. The highest BCUT2D eigenvalue weighted by Gasteiger charge is 2.49. The summed E-state index contributed by atoms with van der Waals surface area (Å²) in [5.41, 5.74) is 6.04. The summed E-state index contributed by atoms with van der Waals surface area (Å²) in [6, 6.07) is 16.2. The molecule has 0 bridgehead atoms. The van der Waals surface area contributed by atoms with Gasteiger partial charge in [0.1, 0.15) is 18.4 Å². The molecule has 2 aromatic heterocycles. The minimum atomic E-state index is -0.110. The standard InChI is InChI=1S/C31H28N6O2/c1-3-6-29(38)36-12-10-31(18-36)19-37(20-31)28-14-23(39-17-22-7-4-5-11-33-22)13-24(25(28)15-32)30-21(2)8-9-27-26(30)16-34-35-27/h4-5,7-9,11,13-14,16H,10,12,17-20H2,1-2H3,(H,34,35). The van der Waals surface area contributed by atoms with E-state index in [2.05, 4.69) is 38.0 Å². The smallest absolute Gasteiger partial charge is 0.298 e. The Morgan fingerprint density at radius 3 is 2.85 bits per heavy atom. The first-order chi connectivity index (χ1) is 19.0. The van der Waals surface area contributed by atoms with E-state index in [-0.39, 0.29) is 11.3 Å². The SMILES string of the molecule is CC#CC(=O)N1CCC2(C1)CN(c1cc(OCc3ccccn3)cc(-c3c(C)ccc4[nH]ncc34)c1C#N)C2. The Morgan fingerprint density at radius 2 is 2.08 bits per heavy atom. The number of anilines is 1. The lowest BCUT2D eigenvalue weighted by atomic mass is 9.78. The Labute approximate surface area is 227 Å². The number of nitrogens with zero attached hydrogens (tertiary/aromatic N) is 5. The van der Waals surface area contributed by atoms with Crippen molar-refractivity contribution in [3.05, 3.63) is 71.7 Å². The van der Waals surface area contributed by atoms with Crippen LogP contribution in [0.15, 0.2) is 54.9 Å². The van der Waals surface area contributed by atoms with Crippen molar-refractivity contribution >= 4 is 22.5 Å². The van der Waals surface area contributed by atoms with E-state index < -0.39 is 0 Å². The number of aromatic nitrogens is 3. The molecule has 0 aliphatic carbocycles. The minimum absolute atomic E-state index is 0.0171. The molecule has 2 aliphatic heterocycles. The van der Waals surface area contributed by atoms with Crippen molar-refractivity contribution < 1.29 is 9.53 Å². The molecule has 2 saturated heterocycles. The fraction of sp³-hybridized carbons (Fsp3) is 0.290. The predicted molar refractivity (Wildman–Crippen MR) is 149 cm³/mol. The maximum absolute atomic E-state index is 12.3. The molecule has 4 heterocycles. The first-order valence-electron chi connectivity index (χ1n) is 13.0. The number of carbonyl (C=O) groups is 1. The number of aryl methyl sites for hydroxylation is 1. The maximum atomic E-state index is 12.3. The zero-order chi connectivity index (χ0) is 27.0. The number of likely N-dealkylation sites (tertiary alicyclic amines) is 1. The molecule has 1 amide bonds. The van der Waals surface area contributed by atoms with Crippen molar-refractivity contribution in [2.24, 2.45) is 5.41 Å². The zero-order valence-corrected chi connectivity index (χ0v) is 22.0. The second kappa shape index (κ2) is 9.81. The molecule has 0 unspecified atom stereocenters. The molecule has 6 rings (SSSR count). The quantitative estimate of drug-likeness (QED) is 0.394. The van der Waals surface area contributed by atoms with E-state index in [0.717, 1.165) is 58.5 Å². The van der Waals surface area contributed by atoms with Gasteiger partial charge in [-0.05, 0) is 61.6 Å². The lowest BCUT2D eigenvalue weighted by Crippen LogP contribution is -2.58. The summed E-state index contributed by atoms with van der Waals surface area (Å²) in [4.78, 5) is 20.8. The average Bonchev–Trinajstić information content (AvgIpc) is 3.59. The average molecular weight is 517 g/mol. The number of nitrogens with one attached hydrogen (secondary N) is 1. The number of amides is 1. The molecule has 8 heteroatoms. The van der Waals surface area contributed by atoms with Crippen molar-refractivity contribution in [2.45, 2.75) is 26.9 Å². The molecule has 1 N–H and O–H groups in total. The number of aromatic amines is 1. The third kappa shape index (κ3) is 4.45. The molecule has 1 spiro atoms. The maximum Gasteiger partial charge on any atom is 0.298 e. The van der Waals surface area contributed by atoms with Crippen molar-refractivity contribution in [1.82, 2.24) is 20.1 Å². The molecule has 2 fully saturated rings. The lowest BCUT2D eigenvalue weighted by molar-refractivity contribution is -0.124. The third-order valence-electron chi connectivity index (χ3n) is 7.77. The predicted octanol–water partition coefficient (Wildman–Crippen LogP) is 4.45. The van der Waals surface area contributed by atoms with Crippen LogP contribution in [0.25, 0.3) is 22.0 Å². The molecule has 2 aliphatic rings. The van der Waals surface area contributed by atoms with Gasteiger partial charge in [0.15, 0.2) is 0 Å². The van der Waals surface area contributed by atoms with Crippen molar-refractivity contribution in [3.8, 4) is 34.8 Å². The van der Waals surface area contributed by atoms with Crippen LogP contribution in [-0.4, -0.2) is 52.2 Å². The zero-order valence-electron chi connectivity index (χ0n) is 22.0. The summed E-state index contributed by atoms with van der Waals surface area (Å²) in [5, 5.41) is 18.7. The van der Waals surface area contributed by atoms with Crippen molar-refractivity contribution in [3.63, 3.8) is 0 Å². The van der Waals surface area contributed by atoms with Crippen LogP contribution in [0.5, 0.6) is 5.75 Å². The van der Waals surface area contributed by atoms with Gasteiger partial charge in [-0.3, -0.25) is 14.9 Å². The normalized spacial score (nSPS) is 15.5. The monoisotopic (exact) mass is 516 g/mol. The third-order valence-corrected chi connectivity index (χ3v) is 7.77. The molecule has 0 radical (unpaired) electrons. The number of fused-ring (bicyclic) bond motifs is 1. The number of carbonyl (C=O) groups excluding carboxylic acids is 1. The molecule has 39 heavy (non-hydrogen) atoms. The van der Waals surface area contributed by atoms with Gasteiger partial charge in [0.05, 0.1) is 28.7 Å². The van der Waals surface area contributed by atoms with Crippen molar-refractivity contribution in [1.29, 1.82) is 5.26 Å². The first-order valence-corrected chi connectivity index (χ1v) is 13.0. The van der Waals surface area contributed by atoms with E-state index >= 15 is 0 Å². The van der Waals surface area contributed by atoms with Crippen LogP contribution in [-0.2, 0) is 11.4 Å². The molecule has 8 nitrogen and oxygen atoms in total. The molecule has 4 aromatic rings. The highest BCUT2D eigenvalue weighted by Crippen LogP contribution is 2.46. The van der Waals surface area contributed by atoms with E-state index in [4.69, 9.17) is 4.74 Å². The summed E-state index contributed by atoms with van der Waals surface area (Å²) in [5.74, 6) is 5.94. The van der Waals surface area contributed by atoms with Gasteiger partial charge >= 0.3 is 0 Å². The summed E-state index contributed by atoms with van der Waals surface area (Å²) >= 11 is 0. The van der Waals surface area contributed by atoms with Gasteiger partial charge < -0.3 is 14.5 Å². The van der Waals surface area contributed by atoms with E-state index in [0.29, 0.717) is 31.0 Å². The van der Waals surface area contributed by atoms with E-state index in [1.807, 2.05) is 60.5 Å². The molecular formula is C31H28N6O2. The van der Waals surface area contributed by atoms with E-state index in [9.17, 15) is 10.1 Å². The second-order valence-electron chi connectivity index (χ2n) is 10.4. The van der Waals surface area contributed by atoms with E-state index in [1.54, 1.807) is 13.1 Å². The fourth-order valence-corrected chi connectivity index (χ4v) is 5.86. The van der Waals surface area contributed by atoms with Gasteiger partial charge in [-0.2, -0.15) is 10.4 Å². The van der Waals surface area contributed by atoms with Gasteiger partial charge in [0.25, 0.3) is 5.91 Å². The second-order valence-corrected chi connectivity index (χ2v) is 10.4. The summed E-state index contributed by atoms with van der Waals surface area (Å²) < 4.78 is 6.25. The number of benzene rings is 2. The highest BCUT2D eigenvalue weighted by atomic mass is 16.5. The number of hydrogen-bond donors (Lipinski definition) is 1. The largest absolute Gasteiger partial charge is 0.487 e. The van der Waals surface area contributed by atoms with Gasteiger partial charge in [0.2, 0.25) is 0 Å². The molecule has 0 atom stereocenters. The van der Waals surface area contributed by atoms with Gasteiger partial charge in [0, 0.05) is 54.8 Å². The molecular weight excluding hydrogens is 488 g/mol. The van der Waals surface area contributed by atoms with Crippen LogP contribution in [0.4, 0.5) is 5.69 Å².